The summed E-state index contributed by atoms with van der Waals surface area (Å²) in [4.78, 5) is 22.8. The van der Waals surface area contributed by atoms with Gasteiger partial charge in [-0.05, 0) is 38.5 Å². The van der Waals surface area contributed by atoms with Crippen LogP contribution in [0.1, 0.15) is 26.3 Å². The number of carboxylic acids is 1. The number of carbonyl (C=O) groups excluding carboxylic acids is 1. The third-order valence-corrected chi connectivity index (χ3v) is 2.74. The summed E-state index contributed by atoms with van der Waals surface area (Å²) in [5.74, 6) is -1.28. The number of rotatable bonds is 4. The lowest BCUT2D eigenvalue weighted by Gasteiger charge is -2.22. The van der Waals surface area contributed by atoms with E-state index in [1.54, 1.807) is 20.8 Å². The number of ether oxygens (including phenoxy) is 1. The Bertz CT molecular complexity index is 539. The number of carbonyl (C=O) groups is 2. The first-order chi connectivity index (χ1) is 9.58. The predicted octanol–water partition coefficient (Wildman–Crippen LogP) is 2.57. The van der Waals surface area contributed by atoms with E-state index in [4.69, 9.17) is 21.4 Å². The number of amides is 1. The van der Waals surface area contributed by atoms with Crippen molar-refractivity contribution in [3.63, 3.8) is 0 Å². The first-order valence-electron chi connectivity index (χ1n) is 6.28. The van der Waals surface area contributed by atoms with E-state index in [1.165, 1.54) is 18.2 Å². The number of aliphatic carboxylic acids is 1. The van der Waals surface area contributed by atoms with Crippen LogP contribution in [0.2, 0.25) is 5.02 Å². The fourth-order valence-corrected chi connectivity index (χ4v) is 1.77. The minimum absolute atomic E-state index is 0.0224. The number of phenols is 1. The molecular weight excluding hydrogens is 298 g/mol. The Hall–Kier alpha value is -1.95. The van der Waals surface area contributed by atoms with Crippen LogP contribution in [0.5, 0.6) is 5.75 Å². The molecule has 1 unspecified atom stereocenters. The maximum absolute atomic E-state index is 11.6. The monoisotopic (exact) mass is 315 g/mol. The molecular formula is C14H18ClNO5. The largest absolute Gasteiger partial charge is 0.506 e. The van der Waals surface area contributed by atoms with E-state index in [0.717, 1.165) is 0 Å². The summed E-state index contributed by atoms with van der Waals surface area (Å²) in [7, 11) is 0. The van der Waals surface area contributed by atoms with Crippen molar-refractivity contribution in [1.29, 1.82) is 0 Å². The third kappa shape index (κ3) is 5.91. The molecule has 0 bridgehead atoms. The van der Waals surface area contributed by atoms with Gasteiger partial charge >= 0.3 is 12.1 Å². The van der Waals surface area contributed by atoms with Crippen LogP contribution >= 0.6 is 11.6 Å². The van der Waals surface area contributed by atoms with Crippen molar-refractivity contribution in [1.82, 2.24) is 5.32 Å². The number of alkyl carbamates (subject to hydrolysis) is 1. The lowest BCUT2D eigenvalue weighted by atomic mass is 10.1. The minimum atomic E-state index is -1.19. The standard InChI is InChI=1S/C14H18ClNO5/c1-14(2,3)21-13(20)16-10(12(18)19)7-8-4-5-11(17)9(15)6-8/h4-6,10,17H,7H2,1-3H3,(H,16,20)(H,18,19). The predicted molar refractivity (Wildman–Crippen MR) is 77.6 cm³/mol. The van der Waals surface area contributed by atoms with Crippen LogP contribution in [0.25, 0.3) is 0 Å². The second-order valence-corrected chi connectivity index (χ2v) is 5.93. The Labute approximate surface area is 127 Å². The SMILES string of the molecule is CC(C)(C)OC(=O)NC(Cc1ccc(O)c(Cl)c1)C(=O)O. The maximum Gasteiger partial charge on any atom is 0.408 e. The zero-order chi connectivity index (χ0) is 16.2. The summed E-state index contributed by atoms with van der Waals surface area (Å²) < 4.78 is 5.02. The lowest BCUT2D eigenvalue weighted by Crippen LogP contribution is -2.44. The van der Waals surface area contributed by atoms with E-state index in [0.29, 0.717) is 5.56 Å². The lowest BCUT2D eigenvalue weighted by molar-refractivity contribution is -0.139. The highest BCUT2D eigenvalue weighted by Crippen LogP contribution is 2.24. The fourth-order valence-electron chi connectivity index (χ4n) is 1.56. The molecule has 6 nitrogen and oxygen atoms in total. The summed E-state index contributed by atoms with van der Waals surface area (Å²) in [6.45, 7) is 5.05. The number of hydrogen-bond acceptors (Lipinski definition) is 4. The van der Waals surface area contributed by atoms with Gasteiger partial charge in [-0.3, -0.25) is 0 Å². The Kier molecular flexibility index (Phi) is 5.43. The molecule has 1 aromatic carbocycles. The molecule has 0 aliphatic rings. The third-order valence-electron chi connectivity index (χ3n) is 2.44. The van der Waals surface area contributed by atoms with E-state index in [1.807, 2.05) is 0 Å². The molecule has 3 N–H and O–H groups in total. The summed E-state index contributed by atoms with van der Waals surface area (Å²) >= 11 is 5.76. The average Bonchev–Trinajstić information content (AvgIpc) is 2.30. The van der Waals surface area contributed by atoms with Crippen LogP contribution in [-0.2, 0) is 16.0 Å². The van der Waals surface area contributed by atoms with Gasteiger partial charge in [-0.15, -0.1) is 0 Å². The van der Waals surface area contributed by atoms with Crippen molar-refractivity contribution >= 4 is 23.7 Å². The second-order valence-electron chi connectivity index (χ2n) is 5.53. The van der Waals surface area contributed by atoms with Crippen molar-refractivity contribution in [3.8, 4) is 5.75 Å². The number of phenolic OH excluding ortho intramolecular Hbond substituents is 1. The Morgan fingerprint density at radius 1 is 1.38 bits per heavy atom. The molecule has 0 radical (unpaired) electrons. The number of aromatic hydroxyl groups is 1. The van der Waals surface area contributed by atoms with Crippen LogP contribution in [-0.4, -0.2) is 33.9 Å². The minimum Gasteiger partial charge on any atom is -0.506 e. The highest BCUT2D eigenvalue weighted by molar-refractivity contribution is 6.32. The van der Waals surface area contributed by atoms with Crippen molar-refractivity contribution < 1.29 is 24.5 Å². The van der Waals surface area contributed by atoms with Gasteiger partial charge < -0.3 is 20.3 Å². The summed E-state index contributed by atoms with van der Waals surface area (Å²) in [5, 5.41) is 20.9. The number of nitrogens with one attached hydrogen (secondary N) is 1. The van der Waals surface area contributed by atoms with Gasteiger partial charge in [0.2, 0.25) is 0 Å². The molecule has 1 aromatic rings. The van der Waals surface area contributed by atoms with Crippen LogP contribution in [0.3, 0.4) is 0 Å². The van der Waals surface area contributed by atoms with Crippen molar-refractivity contribution in [2.24, 2.45) is 0 Å². The molecule has 1 rings (SSSR count). The van der Waals surface area contributed by atoms with Gasteiger partial charge in [0.05, 0.1) is 5.02 Å². The second kappa shape index (κ2) is 6.67. The normalized spacial score (nSPS) is 12.6. The van der Waals surface area contributed by atoms with Gasteiger partial charge in [0, 0.05) is 6.42 Å². The van der Waals surface area contributed by atoms with Crippen LogP contribution < -0.4 is 5.32 Å². The molecule has 0 saturated carbocycles. The molecule has 21 heavy (non-hydrogen) atoms. The van der Waals surface area contributed by atoms with Crippen molar-refractivity contribution in [3.05, 3.63) is 28.8 Å². The summed E-state index contributed by atoms with van der Waals surface area (Å²) in [6.07, 6.45) is -0.783. The Balaban J connectivity index is 2.76. The van der Waals surface area contributed by atoms with Gasteiger partial charge in [0.25, 0.3) is 0 Å². The van der Waals surface area contributed by atoms with Gasteiger partial charge in [-0.25, -0.2) is 9.59 Å². The Morgan fingerprint density at radius 3 is 2.48 bits per heavy atom. The highest BCUT2D eigenvalue weighted by atomic mass is 35.5. The van der Waals surface area contributed by atoms with Gasteiger partial charge in [-0.1, -0.05) is 17.7 Å². The van der Waals surface area contributed by atoms with Gasteiger partial charge in [-0.2, -0.15) is 0 Å². The molecule has 0 aliphatic heterocycles. The van der Waals surface area contributed by atoms with E-state index < -0.39 is 23.7 Å². The van der Waals surface area contributed by atoms with E-state index in [2.05, 4.69) is 5.32 Å². The molecule has 0 spiro atoms. The number of hydrogen-bond donors (Lipinski definition) is 3. The highest BCUT2D eigenvalue weighted by Gasteiger charge is 2.24. The molecule has 1 atom stereocenters. The van der Waals surface area contributed by atoms with E-state index in [9.17, 15) is 14.7 Å². The zero-order valence-electron chi connectivity index (χ0n) is 12.0. The average molecular weight is 316 g/mol. The smallest absolute Gasteiger partial charge is 0.408 e. The first-order valence-corrected chi connectivity index (χ1v) is 6.66. The molecule has 116 valence electrons. The zero-order valence-corrected chi connectivity index (χ0v) is 12.8. The van der Waals surface area contributed by atoms with Crippen molar-refractivity contribution in [2.45, 2.75) is 38.8 Å². The summed E-state index contributed by atoms with van der Waals surface area (Å²) in [5.41, 5.74) is -0.143. The molecule has 0 saturated heterocycles. The molecule has 0 heterocycles. The van der Waals surface area contributed by atoms with Crippen LogP contribution in [0, 0.1) is 0 Å². The maximum atomic E-state index is 11.6. The fraction of sp³-hybridized carbons (Fsp3) is 0.429. The van der Waals surface area contributed by atoms with Crippen molar-refractivity contribution in [2.75, 3.05) is 0 Å². The van der Waals surface area contributed by atoms with Gasteiger partial charge in [0.15, 0.2) is 0 Å². The summed E-state index contributed by atoms with van der Waals surface area (Å²) in [6, 6.07) is 3.20. The van der Waals surface area contributed by atoms with E-state index >= 15 is 0 Å². The number of halogens is 1. The molecule has 0 aliphatic carbocycles. The molecule has 7 heteroatoms. The quantitative estimate of drug-likeness (QED) is 0.793. The molecule has 1 amide bonds. The number of carboxylic acid groups (broad SMARTS) is 1. The Morgan fingerprint density at radius 2 is 2.00 bits per heavy atom. The first kappa shape index (κ1) is 17.1. The topological polar surface area (TPSA) is 95.9 Å². The van der Waals surface area contributed by atoms with Crippen LogP contribution in [0.4, 0.5) is 4.79 Å². The molecule has 0 fully saturated rings. The molecule has 0 aromatic heterocycles. The van der Waals surface area contributed by atoms with E-state index in [-0.39, 0.29) is 17.2 Å². The van der Waals surface area contributed by atoms with Gasteiger partial charge in [0.1, 0.15) is 17.4 Å². The number of benzene rings is 1. The van der Waals surface area contributed by atoms with Crippen LogP contribution in [0.15, 0.2) is 18.2 Å².